The highest BCUT2D eigenvalue weighted by molar-refractivity contribution is 14.0. The molecule has 1 unspecified atom stereocenters. The molecule has 0 spiro atoms. The molecule has 126 valence electrons. The maximum atomic E-state index is 4.45. The van der Waals surface area contributed by atoms with E-state index in [-0.39, 0.29) is 24.0 Å². The normalized spacial score (nSPS) is 19.5. The van der Waals surface area contributed by atoms with Crippen LogP contribution in [0.15, 0.2) is 23.5 Å². The van der Waals surface area contributed by atoms with E-state index in [9.17, 15) is 0 Å². The molecule has 1 aliphatic heterocycles. The Labute approximate surface area is 155 Å². The predicted molar refractivity (Wildman–Crippen MR) is 106 cm³/mol. The van der Waals surface area contributed by atoms with Gasteiger partial charge in [0, 0.05) is 56.1 Å². The van der Waals surface area contributed by atoms with Crippen molar-refractivity contribution in [2.45, 2.75) is 32.1 Å². The predicted octanol–water partition coefficient (Wildman–Crippen LogP) is 2.54. The highest BCUT2D eigenvalue weighted by Crippen LogP contribution is 2.29. The fourth-order valence-corrected chi connectivity index (χ4v) is 3.70. The van der Waals surface area contributed by atoms with Gasteiger partial charge >= 0.3 is 0 Å². The second kappa shape index (κ2) is 9.00. The minimum Gasteiger partial charge on any atom is -0.356 e. The lowest BCUT2D eigenvalue weighted by atomic mass is 10.2. The molecule has 0 radical (unpaired) electrons. The third-order valence-electron chi connectivity index (χ3n) is 3.60. The van der Waals surface area contributed by atoms with Crippen molar-refractivity contribution in [3.63, 3.8) is 0 Å². The molecule has 5 nitrogen and oxygen atoms in total. The van der Waals surface area contributed by atoms with Crippen LogP contribution in [0.5, 0.6) is 0 Å². The maximum absolute atomic E-state index is 4.45. The second-order valence-electron chi connectivity index (χ2n) is 6.29. The number of nitrogens with zero attached hydrogens (tertiary/aromatic N) is 4. The number of aromatic nitrogens is 2. The summed E-state index contributed by atoms with van der Waals surface area (Å²) in [7, 11) is 1.87. The van der Waals surface area contributed by atoms with Crippen molar-refractivity contribution in [3.8, 4) is 0 Å². The van der Waals surface area contributed by atoms with Crippen molar-refractivity contribution in [1.29, 1.82) is 0 Å². The molecular weight excluding hydrogens is 409 g/mol. The fraction of sp³-hybridized carbons (Fsp3) is 0.733. The zero-order valence-corrected chi connectivity index (χ0v) is 17.1. The van der Waals surface area contributed by atoms with E-state index in [0.29, 0.717) is 10.7 Å². The molecule has 0 aromatic carbocycles. The van der Waals surface area contributed by atoms with Crippen molar-refractivity contribution in [2.24, 2.45) is 10.9 Å². The highest BCUT2D eigenvalue weighted by Gasteiger charge is 2.28. The van der Waals surface area contributed by atoms with E-state index in [1.165, 1.54) is 0 Å². The first kappa shape index (κ1) is 19.6. The topological polar surface area (TPSA) is 45.5 Å². The van der Waals surface area contributed by atoms with Gasteiger partial charge in [-0.15, -0.1) is 24.0 Å². The molecule has 0 amide bonds. The van der Waals surface area contributed by atoms with Gasteiger partial charge in [0.2, 0.25) is 0 Å². The van der Waals surface area contributed by atoms with Crippen LogP contribution in [0.3, 0.4) is 0 Å². The summed E-state index contributed by atoms with van der Waals surface area (Å²) in [5, 5.41) is 7.77. The van der Waals surface area contributed by atoms with Crippen molar-refractivity contribution in [3.05, 3.63) is 18.5 Å². The van der Waals surface area contributed by atoms with Crippen LogP contribution in [0.2, 0.25) is 0 Å². The molecule has 0 aliphatic carbocycles. The average molecular weight is 437 g/mol. The summed E-state index contributed by atoms with van der Waals surface area (Å²) in [6.45, 7) is 10.8. The molecule has 1 aliphatic rings. The van der Waals surface area contributed by atoms with Gasteiger partial charge in [0.15, 0.2) is 5.96 Å². The van der Waals surface area contributed by atoms with Gasteiger partial charge in [-0.1, -0.05) is 6.92 Å². The Kier molecular flexibility index (Phi) is 8.02. The van der Waals surface area contributed by atoms with Gasteiger partial charge in [-0.3, -0.25) is 9.67 Å². The minimum atomic E-state index is 0. The second-order valence-corrected chi connectivity index (χ2v) is 8.09. The van der Waals surface area contributed by atoms with Gasteiger partial charge < -0.3 is 10.2 Å². The molecule has 1 fully saturated rings. The zero-order valence-electron chi connectivity index (χ0n) is 14.0. The summed E-state index contributed by atoms with van der Waals surface area (Å²) in [6.07, 6.45) is 3.84. The van der Waals surface area contributed by atoms with Gasteiger partial charge in [0.05, 0.1) is 0 Å². The Bertz CT molecular complexity index is 461. The van der Waals surface area contributed by atoms with Crippen molar-refractivity contribution >= 4 is 41.7 Å². The van der Waals surface area contributed by atoms with Crippen LogP contribution in [0.25, 0.3) is 0 Å². The molecule has 1 aromatic rings. The molecule has 0 bridgehead atoms. The largest absolute Gasteiger partial charge is 0.356 e. The Balaban J connectivity index is 0.00000242. The van der Waals surface area contributed by atoms with Crippen molar-refractivity contribution in [1.82, 2.24) is 20.0 Å². The van der Waals surface area contributed by atoms with Gasteiger partial charge in [0.25, 0.3) is 0 Å². The summed E-state index contributed by atoms with van der Waals surface area (Å²) in [6, 6.07) is 1.96. The van der Waals surface area contributed by atoms with Crippen LogP contribution < -0.4 is 5.32 Å². The molecule has 2 rings (SSSR count). The van der Waals surface area contributed by atoms with Crippen LogP contribution in [0.1, 0.15) is 20.8 Å². The quantitative estimate of drug-likeness (QED) is 0.447. The van der Waals surface area contributed by atoms with Gasteiger partial charge in [0.1, 0.15) is 0 Å². The first-order chi connectivity index (χ1) is 10.00. The number of hydrogen-bond donors (Lipinski definition) is 1. The van der Waals surface area contributed by atoms with Crippen molar-refractivity contribution < 1.29 is 0 Å². The third-order valence-corrected chi connectivity index (χ3v) is 4.90. The molecule has 22 heavy (non-hydrogen) atoms. The lowest BCUT2D eigenvalue weighted by Gasteiger charge is -2.39. The van der Waals surface area contributed by atoms with E-state index in [0.717, 1.165) is 37.9 Å². The summed E-state index contributed by atoms with van der Waals surface area (Å²) >= 11 is 2.04. The third kappa shape index (κ3) is 5.98. The molecule has 1 saturated heterocycles. The number of halogens is 1. The molecular formula is C15H28IN5S. The standard InChI is InChI=1S/C15H27N5S.HI/c1-13(11-20-7-5-6-18-20)10-17-14(16-4)19-8-9-21-15(2,3)12-19;/h5-7,13H,8-12H2,1-4H3,(H,16,17);1H. The maximum Gasteiger partial charge on any atom is 0.193 e. The number of nitrogens with one attached hydrogen (secondary N) is 1. The number of hydrogen-bond acceptors (Lipinski definition) is 3. The van der Waals surface area contributed by atoms with Gasteiger partial charge in [-0.2, -0.15) is 16.9 Å². The molecule has 7 heteroatoms. The lowest BCUT2D eigenvalue weighted by Crippen LogP contribution is -2.51. The Hall–Kier alpha value is -0.440. The van der Waals surface area contributed by atoms with Crippen LogP contribution >= 0.6 is 35.7 Å². The fourth-order valence-electron chi connectivity index (χ4n) is 2.59. The summed E-state index contributed by atoms with van der Waals surface area (Å²) in [5.41, 5.74) is 0. The zero-order chi connectivity index (χ0) is 15.3. The van der Waals surface area contributed by atoms with E-state index in [4.69, 9.17) is 0 Å². The van der Waals surface area contributed by atoms with E-state index in [2.05, 4.69) is 41.1 Å². The molecule has 1 N–H and O–H groups in total. The minimum absolute atomic E-state index is 0. The summed E-state index contributed by atoms with van der Waals surface area (Å²) in [5.74, 6) is 2.70. The van der Waals surface area contributed by atoms with Gasteiger partial charge in [-0.05, 0) is 25.8 Å². The Morgan fingerprint density at radius 2 is 2.27 bits per heavy atom. The Morgan fingerprint density at radius 1 is 1.50 bits per heavy atom. The van der Waals surface area contributed by atoms with Crippen LogP contribution in [0, 0.1) is 5.92 Å². The molecule has 2 heterocycles. The van der Waals surface area contributed by atoms with E-state index < -0.39 is 0 Å². The molecule has 1 atom stereocenters. The van der Waals surface area contributed by atoms with Crippen molar-refractivity contribution in [2.75, 3.05) is 32.4 Å². The number of rotatable bonds is 4. The van der Waals surface area contributed by atoms with Gasteiger partial charge in [-0.25, -0.2) is 0 Å². The number of thioether (sulfide) groups is 1. The van der Waals surface area contributed by atoms with E-state index >= 15 is 0 Å². The average Bonchev–Trinajstić information content (AvgIpc) is 2.91. The Morgan fingerprint density at radius 3 is 2.86 bits per heavy atom. The number of guanidine groups is 1. The monoisotopic (exact) mass is 437 g/mol. The molecule has 1 aromatic heterocycles. The van der Waals surface area contributed by atoms with E-state index in [1.54, 1.807) is 0 Å². The summed E-state index contributed by atoms with van der Waals surface area (Å²) < 4.78 is 2.28. The summed E-state index contributed by atoms with van der Waals surface area (Å²) in [4.78, 5) is 6.82. The van der Waals surface area contributed by atoms with Crippen LogP contribution in [0.4, 0.5) is 0 Å². The van der Waals surface area contributed by atoms with Crippen LogP contribution in [-0.4, -0.2) is 57.8 Å². The molecule has 0 saturated carbocycles. The highest BCUT2D eigenvalue weighted by atomic mass is 127. The van der Waals surface area contributed by atoms with E-state index in [1.807, 2.05) is 42.0 Å². The smallest absolute Gasteiger partial charge is 0.193 e. The SMILES string of the molecule is CN=C(NCC(C)Cn1cccn1)N1CCSC(C)(C)C1.I. The first-order valence-corrected chi connectivity index (χ1v) is 8.56. The number of aliphatic imine (C=N–C) groups is 1. The lowest BCUT2D eigenvalue weighted by molar-refractivity contribution is 0.367. The first-order valence-electron chi connectivity index (χ1n) is 7.57. The van der Waals surface area contributed by atoms with Crippen LogP contribution in [-0.2, 0) is 6.54 Å².